The molecular formula is C24H25N3O. The first-order valence-corrected chi connectivity index (χ1v) is 10.2. The van der Waals surface area contributed by atoms with Crippen molar-refractivity contribution in [1.82, 2.24) is 4.57 Å². The molecule has 1 saturated carbocycles. The summed E-state index contributed by atoms with van der Waals surface area (Å²) in [5.41, 5.74) is 8.07. The SMILES string of the molecule is Cc1cc2c(cc1C#N)c(-c1cccc3c1CCN3)cn2C1CCC(O)CC1. The lowest BCUT2D eigenvalue weighted by molar-refractivity contribution is 0.111. The van der Waals surface area contributed by atoms with E-state index in [4.69, 9.17) is 0 Å². The van der Waals surface area contributed by atoms with Crippen LogP contribution in [0.1, 0.15) is 48.4 Å². The summed E-state index contributed by atoms with van der Waals surface area (Å²) < 4.78 is 2.41. The third-order valence-electron chi connectivity index (χ3n) is 6.52. The lowest BCUT2D eigenvalue weighted by Gasteiger charge is -2.27. The van der Waals surface area contributed by atoms with Crippen LogP contribution in [0.15, 0.2) is 36.5 Å². The van der Waals surface area contributed by atoms with Crippen molar-refractivity contribution in [3.8, 4) is 17.2 Å². The van der Waals surface area contributed by atoms with E-state index in [0.717, 1.165) is 55.2 Å². The van der Waals surface area contributed by atoms with Gasteiger partial charge in [0.15, 0.2) is 0 Å². The molecule has 0 spiro atoms. The largest absolute Gasteiger partial charge is 0.393 e. The Morgan fingerprint density at radius 3 is 2.75 bits per heavy atom. The fourth-order valence-corrected chi connectivity index (χ4v) is 4.97. The van der Waals surface area contributed by atoms with E-state index < -0.39 is 0 Å². The van der Waals surface area contributed by atoms with Gasteiger partial charge in [0, 0.05) is 40.9 Å². The van der Waals surface area contributed by atoms with Gasteiger partial charge in [0.1, 0.15) is 0 Å². The van der Waals surface area contributed by atoms with Crippen molar-refractivity contribution in [2.75, 3.05) is 11.9 Å². The van der Waals surface area contributed by atoms with Crippen molar-refractivity contribution < 1.29 is 5.11 Å². The van der Waals surface area contributed by atoms with Crippen molar-refractivity contribution in [3.05, 3.63) is 53.2 Å². The Labute approximate surface area is 165 Å². The maximum absolute atomic E-state index is 9.94. The Balaban J connectivity index is 1.73. The van der Waals surface area contributed by atoms with Crippen LogP contribution in [-0.2, 0) is 6.42 Å². The molecule has 2 aromatic carbocycles. The normalized spacial score (nSPS) is 21.3. The number of nitrogens with zero attached hydrogens (tertiary/aromatic N) is 2. The Bertz CT molecular complexity index is 1100. The second-order valence-corrected chi connectivity index (χ2v) is 8.22. The van der Waals surface area contributed by atoms with Gasteiger partial charge in [-0.25, -0.2) is 0 Å². The average Bonchev–Trinajstić information content (AvgIpc) is 3.32. The number of aromatic nitrogens is 1. The number of hydrogen-bond acceptors (Lipinski definition) is 3. The molecule has 0 radical (unpaired) electrons. The number of nitrogens with one attached hydrogen (secondary N) is 1. The predicted octanol–water partition coefficient (Wildman–Crippen LogP) is 4.93. The van der Waals surface area contributed by atoms with Gasteiger partial charge in [0.2, 0.25) is 0 Å². The first kappa shape index (κ1) is 17.3. The zero-order chi connectivity index (χ0) is 19.3. The lowest BCUT2D eigenvalue weighted by Crippen LogP contribution is -2.20. The van der Waals surface area contributed by atoms with Gasteiger partial charge in [-0.2, -0.15) is 5.26 Å². The summed E-state index contributed by atoms with van der Waals surface area (Å²) in [5.74, 6) is 0. The number of aliphatic hydroxyl groups excluding tert-OH is 1. The minimum absolute atomic E-state index is 0.159. The molecule has 0 amide bonds. The molecule has 3 aromatic rings. The van der Waals surface area contributed by atoms with Crippen molar-refractivity contribution in [3.63, 3.8) is 0 Å². The molecule has 2 heterocycles. The van der Waals surface area contributed by atoms with E-state index in [9.17, 15) is 10.4 Å². The van der Waals surface area contributed by atoms with Gasteiger partial charge in [0.05, 0.1) is 17.7 Å². The van der Waals surface area contributed by atoms with Crippen LogP contribution in [-0.4, -0.2) is 22.3 Å². The zero-order valence-corrected chi connectivity index (χ0v) is 16.2. The number of anilines is 1. The summed E-state index contributed by atoms with van der Waals surface area (Å²) in [7, 11) is 0. The van der Waals surface area contributed by atoms with E-state index in [2.05, 4.69) is 52.5 Å². The molecule has 2 N–H and O–H groups in total. The van der Waals surface area contributed by atoms with Gasteiger partial charge in [-0.1, -0.05) is 12.1 Å². The van der Waals surface area contributed by atoms with E-state index in [1.807, 2.05) is 6.92 Å². The van der Waals surface area contributed by atoms with Crippen LogP contribution in [0.2, 0.25) is 0 Å². The number of nitriles is 1. The van der Waals surface area contributed by atoms with Gasteiger partial charge in [0.25, 0.3) is 0 Å². The smallest absolute Gasteiger partial charge is 0.0994 e. The number of fused-ring (bicyclic) bond motifs is 2. The quantitative estimate of drug-likeness (QED) is 0.671. The molecule has 1 aliphatic carbocycles. The van der Waals surface area contributed by atoms with Crippen LogP contribution in [0, 0.1) is 18.3 Å². The zero-order valence-electron chi connectivity index (χ0n) is 16.2. The molecule has 4 heteroatoms. The molecule has 0 bridgehead atoms. The molecule has 0 saturated heterocycles. The van der Waals surface area contributed by atoms with E-state index in [0.29, 0.717) is 6.04 Å². The van der Waals surface area contributed by atoms with Crippen LogP contribution in [0.4, 0.5) is 5.69 Å². The van der Waals surface area contributed by atoms with E-state index >= 15 is 0 Å². The molecule has 28 heavy (non-hydrogen) atoms. The second kappa shape index (κ2) is 6.68. The van der Waals surface area contributed by atoms with Gasteiger partial charge < -0.3 is 15.0 Å². The van der Waals surface area contributed by atoms with Crippen LogP contribution < -0.4 is 5.32 Å². The molecule has 0 unspecified atom stereocenters. The van der Waals surface area contributed by atoms with Crippen LogP contribution in [0.25, 0.3) is 22.0 Å². The highest BCUT2D eigenvalue weighted by Gasteiger charge is 2.25. The summed E-state index contributed by atoms with van der Waals surface area (Å²) in [6.45, 7) is 3.00. The van der Waals surface area contributed by atoms with E-state index in [-0.39, 0.29) is 6.10 Å². The fourth-order valence-electron chi connectivity index (χ4n) is 4.97. The number of benzene rings is 2. The highest BCUT2D eigenvalue weighted by molar-refractivity contribution is 5.99. The van der Waals surface area contributed by atoms with E-state index in [1.165, 1.54) is 27.9 Å². The Hall–Kier alpha value is -2.77. The van der Waals surface area contributed by atoms with Crippen molar-refractivity contribution in [2.45, 2.75) is 51.2 Å². The van der Waals surface area contributed by atoms with E-state index in [1.54, 1.807) is 0 Å². The Morgan fingerprint density at radius 2 is 1.96 bits per heavy atom. The topological polar surface area (TPSA) is 61.0 Å². The molecule has 1 fully saturated rings. The lowest BCUT2D eigenvalue weighted by atomic mass is 9.93. The number of aliphatic hydroxyl groups is 1. The monoisotopic (exact) mass is 371 g/mol. The number of aryl methyl sites for hydroxylation is 1. The average molecular weight is 371 g/mol. The van der Waals surface area contributed by atoms with Crippen LogP contribution in [0.5, 0.6) is 0 Å². The molecule has 1 aromatic heterocycles. The maximum atomic E-state index is 9.94. The number of rotatable bonds is 2. The molecular weight excluding hydrogens is 346 g/mol. The molecule has 142 valence electrons. The third kappa shape index (κ3) is 2.70. The standard InChI is InChI=1S/C24H25N3O/c1-15-11-24-21(12-16(15)13-25)22(14-27(24)17-5-7-18(28)8-6-17)19-3-2-4-23-20(19)9-10-26-23/h2-4,11-12,14,17-18,26,28H,5-10H2,1H3. The summed E-state index contributed by atoms with van der Waals surface area (Å²) in [6.07, 6.45) is 6.88. The predicted molar refractivity (Wildman–Crippen MR) is 113 cm³/mol. The van der Waals surface area contributed by atoms with Crippen LogP contribution >= 0.6 is 0 Å². The van der Waals surface area contributed by atoms with Gasteiger partial charge in [-0.05, 0) is 73.9 Å². The molecule has 5 rings (SSSR count). The van der Waals surface area contributed by atoms with Gasteiger partial charge in [-0.3, -0.25) is 0 Å². The van der Waals surface area contributed by atoms with Crippen molar-refractivity contribution in [2.24, 2.45) is 0 Å². The third-order valence-corrected chi connectivity index (χ3v) is 6.52. The maximum Gasteiger partial charge on any atom is 0.0994 e. The summed E-state index contributed by atoms with van der Waals surface area (Å²) in [4.78, 5) is 0. The second-order valence-electron chi connectivity index (χ2n) is 8.22. The highest BCUT2D eigenvalue weighted by Crippen LogP contribution is 2.41. The molecule has 4 nitrogen and oxygen atoms in total. The fraction of sp³-hybridized carbons (Fsp3) is 0.375. The summed E-state index contributed by atoms with van der Waals surface area (Å²) >= 11 is 0. The summed E-state index contributed by atoms with van der Waals surface area (Å²) in [6, 6.07) is 13.5. The van der Waals surface area contributed by atoms with Gasteiger partial charge >= 0.3 is 0 Å². The van der Waals surface area contributed by atoms with Crippen molar-refractivity contribution in [1.29, 1.82) is 5.26 Å². The summed E-state index contributed by atoms with van der Waals surface area (Å²) in [5, 5.41) is 24.2. The molecule has 2 aliphatic rings. The minimum Gasteiger partial charge on any atom is -0.393 e. The molecule has 1 aliphatic heterocycles. The Kier molecular flexibility index (Phi) is 4.14. The first-order chi connectivity index (χ1) is 13.7. The van der Waals surface area contributed by atoms with Crippen LogP contribution in [0.3, 0.4) is 0 Å². The highest BCUT2D eigenvalue weighted by atomic mass is 16.3. The first-order valence-electron chi connectivity index (χ1n) is 10.2. The Morgan fingerprint density at radius 1 is 1.14 bits per heavy atom. The molecule has 0 atom stereocenters. The number of hydrogen-bond donors (Lipinski definition) is 2. The van der Waals surface area contributed by atoms with Gasteiger partial charge in [-0.15, -0.1) is 0 Å². The van der Waals surface area contributed by atoms with Crippen molar-refractivity contribution >= 4 is 16.6 Å². The minimum atomic E-state index is -0.159.